The Morgan fingerprint density at radius 2 is 0.951 bits per heavy atom. The maximum atomic E-state index is 2.39. The summed E-state index contributed by atoms with van der Waals surface area (Å²) in [6.07, 6.45) is 0. The van der Waals surface area contributed by atoms with E-state index >= 15 is 0 Å². The van der Waals surface area contributed by atoms with E-state index in [0.717, 1.165) is 0 Å². The van der Waals surface area contributed by atoms with E-state index in [0.29, 0.717) is 0 Å². The Kier molecular flexibility index (Phi) is 4.49. The van der Waals surface area contributed by atoms with Crippen LogP contribution in [-0.2, 0) is 5.41 Å². The molecule has 0 unspecified atom stereocenters. The fourth-order valence-electron chi connectivity index (χ4n) is 7.54. The van der Waals surface area contributed by atoms with E-state index in [2.05, 4.69) is 147 Å². The van der Waals surface area contributed by atoms with E-state index < -0.39 is 0 Å². The normalized spacial score (nSPS) is 13.8. The van der Waals surface area contributed by atoms with E-state index in [1.54, 1.807) is 0 Å². The third-order valence-corrected chi connectivity index (χ3v) is 9.62. The minimum Gasteiger partial charge on any atom is -0.0619 e. The molecule has 0 aromatic heterocycles. The third kappa shape index (κ3) is 3.11. The van der Waals surface area contributed by atoms with Crippen LogP contribution in [0.25, 0.3) is 77.2 Å². The van der Waals surface area contributed by atoms with Gasteiger partial charge >= 0.3 is 0 Å². The van der Waals surface area contributed by atoms with Crippen LogP contribution in [0.5, 0.6) is 0 Å². The van der Waals surface area contributed by atoms with Gasteiger partial charge < -0.3 is 0 Å². The van der Waals surface area contributed by atoms with Gasteiger partial charge in [0.2, 0.25) is 0 Å². The van der Waals surface area contributed by atoms with Crippen LogP contribution in [0.15, 0.2) is 133 Å². The first-order valence-electron chi connectivity index (χ1n) is 14.5. The van der Waals surface area contributed by atoms with Crippen molar-refractivity contribution in [3.05, 3.63) is 145 Å². The highest BCUT2D eigenvalue weighted by molar-refractivity contribution is 6.20. The van der Waals surface area contributed by atoms with Crippen molar-refractivity contribution in [2.24, 2.45) is 0 Å². The molecule has 41 heavy (non-hydrogen) atoms. The van der Waals surface area contributed by atoms with E-state index in [9.17, 15) is 0 Å². The molecular weight excluding hydrogens is 492 g/mol. The zero-order chi connectivity index (χ0) is 27.3. The van der Waals surface area contributed by atoms with Crippen LogP contribution >= 0.6 is 0 Å². The molecule has 0 heteroatoms. The van der Waals surface area contributed by atoms with Crippen LogP contribution in [0.4, 0.5) is 0 Å². The summed E-state index contributed by atoms with van der Waals surface area (Å²) in [5, 5.41) is 5.29. The summed E-state index contributed by atoms with van der Waals surface area (Å²) in [4.78, 5) is 0. The Bertz CT molecular complexity index is 2160. The minimum absolute atomic E-state index is 0.0382. The maximum absolute atomic E-state index is 2.39. The molecule has 7 aromatic carbocycles. The largest absolute Gasteiger partial charge is 0.0619 e. The molecule has 0 saturated heterocycles. The van der Waals surface area contributed by atoms with Crippen LogP contribution in [0.3, 0.4) is 0 Å². The van der Waals surface area contributed by atoms with Crippen LogP contribution in [0.1, 0.15) is 25.0 Å². The fraction of sp³-hybridized carbons (Fsp3) is 0.0732. The quantitative estimate of drug-likeness (QED) is 0.213. The van der Waals surface area contributed by atoms with E-state index in [-0.39, 0.29) is 5.41 Å². The van der Waals surface area contributed by atoms with Gasteiger partial charge in [0.15, 0.2) is 0 Å². The number of benzene rings is 7. The monoisotopic (exact) mass is 520 g/mol. The first kappa shape index (κ1) is 22.8. The molecule has 0 radical (unpaired) electrons. The van der Waals surface area contributed by atoms with Gasteiger partial charge in [-0.15, -0.1) is 0 Å². The van der Waals surface area contributed by atoms with Crippen molar-refractivity contribution in [1.29, 1.82) is 0 Å². The molecule has 0 amide bonds. The summed E-state index contributed by atoms with van der Waals surface area (Å²) in [5.74, 6) is 0. The average Bonchev–Trinajstić information content (AvgIpc) is 3.45. The lowest BCUT2D eigenvalue weighted by Gasteiger charge is -2.21. The predicted molar refractivity (Wildman–Crippen MR) is 174 cm³/mol. The lowest BCUT2D eigenvalue weighted by Crippen LogP contribution is -2.14. The molecule has 0 fully saturated rings. The molecule has 7 aromatic rings. The van der Waals surface area contributed by atoms with Crippen molar-refractivity contribution in [3.63, 3.8) is 0 Å². The zero-order valence-electron chi connectivity index (χ0n) is 23.2. The number of rotatable bonds is 2. The van der Waals surface area contributed by atoms with Crippen molar-refractivity contribution in [2.75, 3.05) is 0 Å². The first-order valence-corrected chi connectivity index (χ1v) is 14.5. The molecule has 192 valence electrons. The summed E-state index contributed by atoms with van der Waals surface area (Å²) in [6.45, 7) is 4.68. The SMILES string of the molecule is CC1(C)c2ccccc2-c2cc(-c3ccc(-c4ccc5c6c(cccc46)-c4cc6ccccc6cc4-5)cc3)ccc21. The van der Waals surface area contributed by atoms with E-state index in [1.807, 2.05) is 0 Å². The Balaban J connectivity index is 1.14. The minimum atomic E-state index is 0.0382. The number of fused-ring (bicyclic) bond motifs is 7. The van der Waals surface area contributed by atoms with Gasteiger partial charge in [-0.05, 0) is 107 Å². The summed E-state index contributed by atoms with van der Waals surface area (Å²) < 4.78 is 0. The Labute approximate surface area is 240 Å². The van der Waals surface area contributed by atoms with Crippen LogP contribution in [-0.4, -0.2) is 0 Å². The van der Waals surface area contributed by atoms with Gasteiger partial charge in [0, 0.05) is 5.41 Å². The van der Waals surface area contributed by atoms with Crippen LogP contribution in [0, 0.1) is 0 Å². The second kappa shape index (κ2) is 8.05. The van der Waals surface area contributed by atoms with Gasteiger partial charge in [-0.1, -0.05) is 129 Å². The topological polar surface area (TPSA) is 0 Å². The number of hydrogen-bond donors (Lipinski definition) is 0. The fourth-order valence-corrected chi connectivity index (χ4v) is 7.54. The van der Waals surface area contributed by atoms with Gasteiger partial charge in [0.1, 0.15) is 0 Å². The lowest BCUT2D eigenvalue weighted by atomic mass is 9.82. The molecular formula is C41H28. The number of hydrogen-bond acceptors (Lipinski definition) is 0. The van der Waals surface area contributed by atoms with Crippen LogP contribution < -0.4 is 0 Å². The summed E-state index contributed by atoms with van der Waals surface area (Å²) in [5.41, 5.74) is 16.1. The second-order valence-electron chi connectivity index (χ2n) is 12.1. The highest BCUT2D eigenvalue weighted by Crippen LogP contribution is 2.51. The molecule has 2 aliphatic rings. The van der Waals surface area contributed by atoms with Crippen LogP contribution in [0.2, 0.25) is 0 Å². The molecule has 0 heterocycles. The van der Waals surface area contributed by atoms with Gasteiger partial charge in [0.25, 0.3) is 0 Å². The first-order chi connectivity index (χ1) is 20.1. The summed E-state index contributed by atoms with van der Waals surface area (Å²) in [6, 6.07) is 49.9. The summed E-state index contributed by atoms with van der Waals surface area (Å²) >= 11 is 0. The van der Waals surface area contributed by atoms with Crippen molar-refractivity contribution in [1.82, 2.24) is 0 Å². The maximum Gasteiger partial charge on any atom is 0.0158 e. The average molecular weight is 521 g/mol. The van der Waals surface area contributed by atoms with E-state index in [4.69, 9.17) is 0 Å². The van der Waals surface area contributed by atoms with Crippen molar-refractivity contribution in [3.8, 4) is 55.6 Å². The molecule has 2 aliphatic carbocycles. The highest BCUT2D eigenvalue weighted by Gasteiger charge is 2.35. The smallest absolute Gasteiger partial charge is 0.0158 e. The molecule has 0 bridgehead atoms. The van der Waals surface area contributed by atoms with E-state index in [1.165, 1.54) is 88.3 Å². The molecule has 0 saturated carbocycles. The van der Waals surface area contributed by atoms with Crippen molar-refractivity contribution >= 4 is 21.5 Å². The molecule has 0 N–H and O–H groups in total. The zero-order valence-corrected chi connectivity index (χ0v) is 23.2. The second-order valence-corrected chi connectivity index (χ2v) is 12.1. The summed E-state index contributed by atoms with van der Waals surface area (Å²) in [7, 11) is 0. The molecule has 0 nitrogen and oxygen atoms in total. The van der Waals surface area contributed by atoms with Crippen molar-refractivity contribution < 1.29 is 0 Å². The Morgan fingerprint density at radius 3 is 1.73 bits per heavy atom. The van der Waals surface area contributed by atoms with Gasteiger partial charge in [-0.25, -0.2) is 0 Å². The van der Waals surface area contributed by atoms with Crippen molar-refractivity contribution in [2.45, 2.75) is 19.3 Å². The molecule has 0 aliphatic heterocycles. The predicted octanol–water partition coefficient (Wildman–Crippen LogP) is 11.3. The van der Waals surface area contributed by atoms with Gasteiger partial charge in [-0.3, -0.25) is 0 Å². The lowest BCUT2D eigenvalue weighted by molar-refractivity contribution is 0.660. The Morgan fingerprint density at radius 1 is 0.366 bits per heavy atom. The molecule has 0 atom stereocenters. The Hall–Kier alpha value is -4.94. The molecule has 9 rings (SSSR count). The third-order valence-electron chi connectivity index (χ3n) is 9.62. The van der Waals surface area contributed by atoms with Gasteiger partial charge in [0.05, 0.1) is 0 Å². The molecule has 0 spiro atoms. The highest BCUT2D eigenvalue weighted by atomic mass is 14.4. The standard InChI is InChI=1S/C41H28/c1-41(2)38-13-6-5-10-31(38)37-24-29(18-21-39(37)41)25-14-16-26(17-15-25)30-19-20-34-36-23-28-9-4-3-8-27(28)22-35(36)33-12-7-11-32(30)40(33)34/h3-24H,1-2H3. The van der Waals surface area contributed by atoms with Gasteiger partial charge in [-0.2, -0.15) is 0 Å².